The van der Waals surface area contributed by atoms with Crippen molar-refractivity contribution >= 4 is 11.0 Å². The third-order valence-corrected chi connectivity index (χ3v) is 4.01. The Kier molecular flexibility index (Phi) is 2.85. The topological polar surface area (TPSA) is 29.9 Å². The van der Waals surface area contributed by atoms with Crippen LogP contribution in [0.5, 0.6) is 0 Å². The molecule has 3 rings (SSSR count). The maximum absolute atomic E-state index is 4.44. The van der Waals surface area contributed by atoms with Crippen LogP contribution in [0.15, 0.2) is 30.6 Å². The number of fused-ring (bicyclic) bond motifs is 1. The number of imidazole rings is 1. The van der Waals surface area contributed by atoms with Gasteiger partial charge in [0.05, 0.1) is 17.4 Å². The number of likely N-dealkylation sites (N-methyl/N-ethyl adjacent to an activating group) is 1. The maximum Gasteiger partial charge on any atom is 0.0958 e. The lowest BCUT2D eigenvalue weighted by atomic mass is 9.79. The van der Waals surface area contributed by atoms with E-state index in [1.807, 2.05) is 12.4 Å². The van der Waals surface area contributed by atoms with Crippen LogP contribution < -0.4 is 5.32 Å². The van der Waals surface area contributed by atoms with Crippen LogP contribution in [0.4, 0.5) is 0 Å². The summed E-state index contributed by atoms with van der Waals surface area (Å²) in [6, 6.07) is 8.93. The van der Waals surface area contributed by atoms with Crippen LogP contribution in [0.2, 0.25) is 0 Å². The van der Waals surface area contributed by atoms with Crippen molar-refractivity contribution < 1.29 is 0 Å². The summed E-state index contributed by atoms with van der Waals surface area (Å²) < 4.78 is 2.27. The number of para-hydroxylation sites is 2. The van der Waals surface area contributed by atoms with Crippen LogP contribution in [-0.2, 0) is 6.54 Å². The Labute approximate surface area is 102 Å². The normalized spacial score (nSPS) is 18.2. The Morgan fingerprint density at radius 2 is 2.24 bits per heavy atom. The SMILES string of the molecule is CNC(Cn1cnc2ccccc21)C1CCC1. The molecule has 1 fully saturated rings. The summed E-state index contributed by atoms with van der Waals surface area (Å²) in [7, 11) is 2.07. The standard InChI is InChI=1S/C14H19N3/c1-15-13(11-5-4-6-11)9-17-10-16-12-7-2-3-8-14(12)17/h2-3,7-8,10-11,13,15H,4-6,9H2,1H3. The predicted molar refractivity (Wildman–Crippen MR) is 69.9 cm³/mol. The van der Waals surface area contributed by atoms with E-state index in [1.54, 1.807) is 0 Å². The monoisotopic (exact) mass is 229 g/mol. The lowest BCUT2D eigenvalue weighted by Gasteiger charge is -2.33. The van der Waals surface area contributed by atoms with Gasteiger partial charge in [-0.25, -0.2) is 4.98 Å². The van der Waals surface area contributed by atoms with Gasteiger partial charge in [0.1, 0.15) is 0 Å². The van der Waals surface area contributed by atoms with E-state index in [0.717, 1.165) is 18.0 Å². The van der Waals surface area contributed by atoms with Crippen LogP contribution in [-0.4, -0.2) is 22.6 Å². The van der Waals surface area contributed by atoms with Crippen LogP contribution in [0.3, 0.4) is 0 Å². The first-order valence-corrected chi connectivity index (χ1v) is 6.45. The molecule has 1 aromatic carbocycles. The van der Waals surface area contributed by atoms with Crippen molar-refractivity contribution in [3.8, 4) is 0 Å². The molecule has 1 N–H and O–H groups in total. The van der Waals surface area contributed by atoms with Gasteiger partial charge in [-0.15, -0.1) is 0 Å². The van der Waals surface area contributed by atoms with Crippen LogP contribution in [0.25, 0.3) is 11.0 Å². The molecular formula is C14H19N3. The number of nitrogens with one attached hydrogen (secondary N) is 1. The van der Waals surface area contributed by atoms with Crippen molar-refractivity contribution in [2.45, 2.75) is 31.8 Å². The second-order valence-electron chi connectivity index (χ2n) is 4.97. The zero-order chi connectivity index (χ0) is 11.7. The molecule has 0 radical (unpaired) electrons. The molecule has 0 aliphatic heterocycles. The third-order valence-electron chi connectivity index (χ3n) is 4.01. The first kappa shape index (κ1) is 10.8. The van der Waals surface area contributed by atoms with E-state index < -0.39 is 0 Å². The average molecular weight is 229 g/mol. The Morgan fingerprint density at radius 3 is 2.94 bits per heavy atom. The molecule has 17 heavy (non-hydrogen) atoms. The molecule has 1 heterocycles. The van der Waals surface area contributed by atoms with E-state index in [9.17, 15) is 0 Å². The molecule has 1 saturated carbocycles. The fourth-order valence-corrected chi connectivity index (χ4v) is 2.69. The zero-order valence-electron chi connectivity index (χ0n) is 10.3. The molecule has 3 heteroatoms. The highest BCUT2D eigenvalue weighted by Gasteiger charge is 2.26. The summed E-state index contributed by atoms with van der Waals surface area (Å²) in [5.41, 5.74) is 2.34. The average Bonchev–Trinajstić information content (AvgIpc) is 2.69. The zero-order valence-corrected chi connectivity index (χ0v) is 10.3. The second kappa shape index (κ2) is 4.49. The molecular weight excluding hydrogens is 210 g/mol. The Hall–Kier alpha value is -1.35. The van der Waals surface area contributed by atoms with E-state index in [1.165, 1.54) is 24.8 Å². The third kappa shape index (κ3) is 1.95. The van der Waals surface area contributed by atoms with Gasteiger partial charge in [-0.3, -0.25) is 0 Å². The fraction of sp³-hybridized carbons (Fsp3) is 0.500. The Balaban J connectivity index is 1.83. The molecule has 1 aromatic heterocycles. The number of benzene rings is 1. The molecule has 0 bridgehead atoms. The highest BCUT2D eigenvalue weighted by molar-refractivity contribution is 5.74. The first-order valence-electron chi connectivity index (χ1n) is 6.45. The maximum atomic E-state index is 4.44. The Morgan fingerprint density at radius 1 is 1.41 bits per heavy atom. The summed E-state index contributed by atoms with van der Waals surface area (Å²) in [6.07, 6.45) is 6.11. The summed E-state index contributed by atoms with van der Waals surface area (Å²) in [5.74, 6) is 0.848. The summed E-state index contributed by atoms with van der Waals surface area (Å²) in [4.78, 5) is 4.44. The van der Waals surface area contributed by atoms with E-state index in [-0.39, 0.29) is 0 Å². The second-order valence-corrected chi connectivity index (χ2v) is 4.97. The van der Waals surface area contributed by atoms with E-state index in [2.05, 4.69) is 40.1 Å². The molecule has 1 aliphatic rings. The van der Waals surface area contributed by atoms with E-state index in [0.29, 0.717) is 6.04 Å². The largest absolute Gasteiger partial charge is 0.329 e. The van der Waals surface area contributed by atoms with Gasteiger partial charge in [-0.2, -0.15) is 0 Å². The van der Waals surface area contributed by atoms with Crippen molar-refractivity contribution in [3.05, 3.63) is 30.6 Å². The van der Waals surface area contributed by atoms with Crippen LogP contribution >= 0.6 is 0 Å². The summed E-state index contributed by atoms with van der Waals surface area (Å²) in [6.45, 7) is 1.03. The minimum Gasteiger partial charge on any atom is -0.329 e. The quantitative estimate of drug-likeness (QED) is 0.872. The number of rotatable bonds is 4. The molecule has 90 valence electrons. The van der Waals surface area contributed by atoms with Gasteiger partial charge < -0.3 is 9.88 Å². The fourth-order valence-electron chi connectivity index (χ4n) is 2.69. The molecule has 1 aliphatic carbocycles. The number of aromatic nitrogens is 2. The number of hydrogen-bond acceptors (Lipinski definition) is 2. The van der Waals surface area contributed by atoms with Crippen molar-refractivity contribution in [1.82, 2.24) is 14.9 Å². The minimum atomic E-state index is 0.585. The highest BCUT2D eigenvalue weighted by atomic mass is 15.1. The minimum absolute atomic E-state index is 0.585. The van der Waals surface area contributed by atoms with Crippen LogP contribution in [0, 0.1) is 5.92 Å². The predicted octanol–water partition coefficient (Wildman–Crippen LogP) is 2.42. The summed E-state index contributed by atoms with van der Waals surface area (Å²) >= 11 is 0. The lowest BCUT2D eigenvalue weighted by Crippen LogP contribution is -2.40. The molecule has 1 atom stereocenters. The van der Waals surface area contributed by atoms with E-state index in [4.69, 9.17) is 0 Å². The lowest BCUT2D eigenvalue weighted by molar-refractivity contribution is 0.220. The molecule has 2 aromatic rings. The van der Waals surface area contributed by atoms with Gasteiger partial charge >= 0.3 is 0 Å². The van der Waals surface area contributed by atoms with Gasteiger partial charge in [-0.1, -0.05) is 18.6 Å². The highest BCUT2D eigenvalue weighted by Crippen LogP contribution is 2.30. The molecule has 0 amide bonds. The summed E-state index contributed by atoms with van der Waals surface area (Å²) in [5, 5.41) is 3.46. The van der Waals surface area contributed by atoms with Gasteiger partial charge in [-0.05, 0) is 37.9 Å². The van der Waals surface area contributed by atoms with Crippen molar-refractivity contribution in [3.63, 3.8) is 0 Å². The van der Waals surface area contributed by atoms with Crippen molar-refractivity contribution in [2.24, 2.45) is 5.92 Å². The van der Waals surface area contributed by atoms with Gasteiger partial charge in [0.2, 0.25) is 0 Å². The van der Waals surface area contributed by atoms with Crippen molar-refractivity contribution in [2.75, 3.05) is 7.05 Å². The number of nitrogens with zero attached hydrogens (tertiary/aromatic N) is 2. The smallest absolute Gasteiger partial charge is 0.0958 e. The Bertz CT molecular complexity index is 499. The number of hydrogen-bond donors (Lipinski definition) is 1. The van der Waals surface area contributed by atoms with Gasteiger partial charge in [0.25, 0.3) is 0 Å². The molecule has 0 spiro atoms. The van der Waals surface area contributed by atoms with E-state index >= 15 is 0 Å². The first-order chi connectivity index (χ1) is 8.38. The van der Waals surface area contributed by atoms with Crippen LogP contribution in [0.1, 0.15) is 19.3 Å². The van der Waals surface area contributed by atoms with Crippen molar-refractivity contribution in [1.29, 1.82) is 0 Å². The molecule has 3 nitrogen and oxygen atoms in total. The van der Waals surface area contributed by atoms with Gasteiger partial charge in [0.15, 0.2) is 0 Å². The van der Waals surface area contributed by atoms with Gasteiger partial charge in [0, 0.05) is 12.6 Å². The molecule has 1 unspecified atom stereocenters. The molecule has 0 saturated heterocycles.